The van der Waals surface area contributed by atoms with Crippen molar-refractivity contribution in [2.24, 2.45) is 0 Å². The lowest BCUT2D eigenvalue weighted by Crippen LogP contribution is -2.35. The normalized spacial score (nSPS) is 15.7. The van der Waals surface area contributed by atoms with Crippen molar-refractivity contribution >= 4 is 17.3 Å². The Labute approximate surface area is 151 Å². The van der Waals surface area contributed by atoms with Gasteiger partial charge in [0.05, 0.1) is 18.8 Å². The number of halogens is 2. The SMILES string of the molecule is COc1ccc(NC(C)c2c(F)cccc2F)cc1N1CCCCC1=O. The summed E-state index contributed by atoms with van der Waals surface area (Å²) in [5, 5.41) is 3.11. The van der Waals surface area contributed by atoms with Gasteiger partial charge in [-0.1, -0.05) is 6.07 Å². The molecule has 0 bridgehead atoms. The molecule has 138 valence electrons. The standard InChI is InChI=1S/C20H22F2N2O2/c1-13(20-15(21)6-5-7-16(20)22)23-14-9-10-18(26-2)17(12-14)24-11-4-3-8-19(24)25/h5-7,9-10,12-13,23H,3-4,8,11H2,1-2H3. The number of piperidine rings is 1. The number of nitrogens with one attached hydrogen (secondary N) is 1. The quantitative estimate of drug-likeness (QED) is 0.843. The van der Waals surface area contributed by atoms with Crippen molar-refractivity contribution in [1.82, 2.24) is 0 Å². The number of nitrogens with zero attached hydrogens (tertiary/aromatic N) is 1. The van der Waals surface area contributed by atoms with Crippen LogP contribution < -0.4 is 15.0 Å². The van der Waals surface area contributed by atoms with Crippen molar-refractivity contribution in [3.05, 3.63) is 53.6 Å². The van der Waals surface area contributed by atoms with Crippen molar-refractivity contribution in [1.29, 1.82) is 0 Å². The first kappa shape index (κ1) is 18.2. The van der Waals surface area contributed by atoms with Gasteiger partial charge >= 0.3 is 0 Å². The van der Waals surface area contributed by atoms with Crippen LogP contribution in [0.25, 0.3) is 0 Å². The Balaban J connectivity index is 1.89. The zero-order valence-corrected chi connectivity index (χ0v) is 14.9. The van der Waals surface area contributed by atoms with Gasteiger partial charge in [0.1, 0.15) is 17.4 Å². The summed E-state index contributed by atoms with van der Waals surface area (Å²) in [4.78, 5) is 14.0. The Hall–Kier alpha value is -2.63. The number of carbonyl (C=O) groups is 1. The number of methoxy groups -OCH3 is 1. The molecule has 1 atom stereocenters. The van der Waals surface area contributed by atoms with E-state index in [-0.39, 0.29) is 11.5 Å². The Morgan fingerprint density at radius 2 is 1.88 bits per heavy atom. The van der Waals surface area contributed by atoms with Crippen molar-refractivity contribution < 1.29 is 18.3 Å². The van der Waals surface area contributed by atoms with Crippen LogP contribution >= 0.6 is 0 Å². The molecule has 1 heterocycles. The number of benzene rings is 2. The predicted octanol–water partition coefficient (Wildman–Crippen LogP) is 4.66. The Morgan fingerprint density at radius 1 is 1.15 bits per heavy atom. The molecule has 1 saturated heterocycles. The van der Waals surface area contributed by atoms with E-state index in [1.165, 1.54) is 18.2 Å². The Morgan fingerprint density at radius 3 is 2.54 bits per heavy atom. The second kappa shape index (κ2) is 7.72. The van der Waals surface area contributed by atoms with Gasteiger partial charge in [0.25, 0.3) is 0 Å². The first-order valence-corrected chi connectivity index (χ1v) is 8.70. The van der Waals surface area contributed by atoms with Gasteiger partial charge in [-0.15, -0.1) is 0 Å². The van der Waals surface area contributed by atoms with Crippen LogP contribution in [0.1, 0.15) is 37.8 Å². The molecule has 1 amide bonds. The molecule has 3 rings (SSSR count). The van der Waals surface area contributed by atoms with Gasteiger partial charge in [-0.3, -0.25) is 4.79 Å². The van der Waals surface area contributed by atoms with Gasteiger partial charge in [-0.05, 0) is 50.1 Å². The fraction of sp³-hybridized carbons (Fsp3) is 0.350. The van der Waals surface area contributed by atoms with Crippen LogP contribution in [-0.4, -0.2) is 19.6 Å². The molecule has 2 aromatic carbocycles. The first-order valence-electron chi connectivity index (χ1n) is 8.70. The molecule has 0 saturated carbocycles. The zero-order chi connectivity index (χ0) is 18.7. The van der Waals surface area contributed by atoms with Gasteiger partial charge in [0, 0.05) is 24.2 Å². The average Bonchev–Trinajstić information content (AvgIpc) is 2.62. The van der Waals surface area contributed by atoms with E-state index >= 15 is 0 Å². The third-order valence-corrected chi connectivity index (χ3v) is 4.61. The molecule has 6 heteroatoms. The first-order chi connectivity index (χ1) is 12.5. The highest BCUT2D eigenvalue weighted by atomic mass is 19.1. The van der Waals surface area contributed by atoms with Crippen LogP contribution in [0.15, 0.2) is 36.4 Å². The highest BCUT2D eigenvalue weighted by molar-refractivity contribution is 5.96. The fourth-order valence-electron chi connectivity index (χ4n) is 3.30. The number of anilines is 2. The molecule has 4 nitrogen and oxygen atoms in total. The van der Waals surface area contributed by atoms with E-state index in [2.05, 4.69) is 5.32 Å². The zero-order valence-electron chi connectivity index (χ0n) is 14.9. The van der Waals surface area contributed by atoms with Crippen molar-refractivity contribution in [2.45, 2.75) is 32.2 Å². The molecule has 0 aliphatic carbocycles. The van der Waals surface area contributed by atoms with E-state index in [4.69, 9.17) is 4.74 Å². The molecule has 1 aliphatic rings. The lowest BCUT2D eigenvalue weighted by molar-refractivity contribution is -0.119. The summed E-state index contributed by atoms with van der Waals surface area (Å²) >= 11 is 0. The molecule has 1 fully saturated rings. The Bertz CT molecular complexity index is 790. The van der Waals surface area contributed by atoms with Crippen LogP contribution in [0.4, 0.5) is 20.2 Å². The maximum absolute atomic E-state index is 14.0. The lowest BCUT2D eigenvalue weighted by Gasteiger charge is -2.29. The molecule has 26 heavy (non-hydrogen) atoms. The second-order valence-electron chi connectivity index (χ2n) is 6.39. The number of carbonyl (C=O) groups excluding carboxylic acids is 1. The molecule has 0 radical (unpaired) electrons. The van der Waals surface area contributed by atoms with E-state index in [9.17, 15) is 13.6 Å². The predicted molar refractivity (Wildman–Crippen MR) is 97.6 cm³/mol. The van der Waals surface area contributed by atoms with Crippen LogP contribution in [0, 0.1) is 11.6 Å². The topological polar surface area (TPSA) is 41.6 Å². The van der Waals surface area contributed by atoms with Crippen molar-refractivity contribution in [3.8, 4) is 5.75 Å². The van der Waals surface area contributed by atoms with Crippen molar-refractivity contribution in [3.63, 3.8) is 0 Å². The summed E-state index contributed by atoms with van der Waals surface area (Å²) in [6.45, 7) is 2.33. The summed E-state index contributed by atoms with van der Waals surface area (Å²) in [7, 11) is 1.55. The van der Waals surface area contributed by atoms with E-state index < -0.39 is 17.7 Å². The van der Waals surface area contributed by atoms with Crippen LogP contribution in [0.5, 0.6) is 5.75 Å². The summed E-state index contributed by atoms with van der Waals surface area (Å²) in [6, 6.07) is 8.56. The van der Waals surface area contributed by atoms with Gasteiger partial charge in [-0.2, -0.15) is 0 Å². The van der Waals surface area contributed by atoms with E-state index in [0.29, 0.717) is 30.1 Å². The minimum atomic E-state index is -0.593. The summed E-state index contributed by atoms with van der Waals surface area (Å²) in [5.74, 6) is -0.537. The third kappa shape index (κ3) is 3.64. The smallest absolute Gasteiger partial charge is 0.227 e. The number of ether oxygens (including phenoxy) is 1. The van der Waals surface area contributed by atoms with Crippen LogP contribution in [0.2, 0.25) is 0 Å². The monoisotopic (exact) mass is 360 g/mol. The summed E-state index contributed by atoms with van der Waals surface area (Å²) in [5.41, 5.74) is 1.32. The molecule has 0 spiro atoms. The molecular weight excluding hydrogens is 338 g/mol. The van der Waals surface area contributed by atoms with Crippen molar-refractivity contribution in [2.75, 3.05) is 23.9 Å². The van der Waals surface area contributed by atoms with Crippen LogP contribution in [-0.2, 0) is 4.79 Å². The summed E-state index contributed by atoms with van der Waals surface area (Å²) < 4.78 is 33.4. The lowest BCUT2D eigenvalue weighted by atomic mass is 10.1. The highest BCUT2D eigenvalue weighted by Crippen LogP contribution is 2.35. The maximum Gasteiger partial charge on any atom is 0.227 e. The third-order valence-electron chi connectivity index (χ3n) is 4.61. The van der Waals surface area contributed by atoms with Gasteiger partial charge in [-0.25, -0.2) is 8.78 Å². The van der Waals surface area contributed by atoms with Gasteiger partial charge in [0.2, 0.25) is 5.91 Å². The highest BCUT2D eigenvalue weighted by Gasteiger charge is 2.23. The van der Waals surface area contributed by atoms with E-state index in [1.807, 2.05) is 0 Å². The number of hydrogen-bond donors (Lipinski definition) is 1. The van der Waals surface area contributed by atoms with Gasteiger partial charge in [0.15, 0.2) is 0 Å². The molecule has 1 aliphatic heterocycles. The largest absolute Gasteiger partial charge is 0.495 e. The van der Waals surface area contributed by atoms with E-state index in [0.717, 1.165) is 12.8 Å². The number of amides is 1. The summed E-state index contributed by atoms with van der Waals surface area (Å²) in [6.07, 6.45) is 2.33. The maximum atomic E-state index is 14.0. The molecule has 2 aromatic rings. The minimum absolute atomic E-state index is 0.0149. The second-order valence-corrected chi connectivity index (χ2v) is 6.39. The van der Waals surface area contributed by atoms with E-state index in [1.54, 1.807) is 37.1 Å². The average molecular weight is 360 g/mol. The Kier molecular flexibility index (Phi) is 5.40. The minimum Gasteiger partial charge on any atom is -0.495 e. The molecule has 1 N–H and O–H groups in total. The number of hydrogen-bond acceptors (Lipinski definition) is 3. The molecule has 1 unspecified atom stereocenters. The van der Waals surface area contributed by atoms with Gasteiger partial charge < -0.3 is 15.0 Å². The molecular formula is C20H22F2N2O2. The number of rotatable bonds is 5. The fourth-order valence-corrected chi connectivity index (χ4v) is 3.30. The molecule has 0 aromatic heterocycles. The van der Waals surface area contributed by atoms with Crippen LogP contribution in [0.3, 0.4) is 0 Å².